The molecular formula is C21H15ClN4O4. The van der Waals surface area contributed by atoms with Crippen LogP contribution in [0.25, 0.3) is 11.3 Å². The van der Waals surface area contributed by atoms with Crippen molar-refractivity contribution in [2.45, 2.75) is 5.92 Å². The van der Waals surface area contributed by atoms with Gasteiger partial charge in [-0.3, -0.25) is 5.10 Å². The van der Waals surface area contributed by atoms with Crippen LogP contribution in [0.4, 0.5) is 0 Å². The van der Waals surface area contributed by atoms with E-state index in [1.54, 1.807) is 19.2 Å². The Kier molecular flexibility index (Phi) is 4.19. The van der Waals surface area contributed by atoms with Gasteiger partial charge in [0.25, 0.3) is 0 Å². The molecule has 2 aliphatic heterocycles. The number of aromatic amines is 1. The summed E-state index contributed by atoms with van der Waals surface area (Å²) in [5.41, 5.74) is 9.11. The zero-order valence-corrected chi connectivity index (χ0v) is 16.5. The fourth-order valence-electron chi connectivity index (χ4n) is 3.69. The lowest BCUT2D eigenvalue weighted by molar-refractivity contribution is 0.174. The van der Waals surface area contributed by atoms with Gasteiger partial charge in [0.05, 0.1) is 24.3 Å². The van der Waals surface area contributed by atoms with Crippen molar-refractivity contribution in [3.8, 4) is 40.5 Å². The highest BCUT2D eigenvalue weighted by Crippen LogP contribution is 2.49. The molecule has 9 heteroatoms. The molecule has 0 aliphatic carbocycles. The third kappa shape index (κ3) is 2.71. The summed E-state index contributed by atoms with van der Waals surface area (Å²) in [5.74, 6) is 1.49. The number of hydrogen-bond donors (Lipinski definition) is 2. The van der Waals surface area contributed by atoms with E-state index in [4.69, 9.17) is 36.3 Å². The van der Waals surface area contributed by atoms with Gasteiger partial charge in [-0.1, -0.05) is 11.6 Å². The summed E-state index contributed by atoms with van der Waals surface area (Å²) in [6.45, 7) is 0.111. The Morgan fingerprint density at radius 3 is 2.67 bits per heavy atom. The molecule has 0 spiro atoms. The predicted molar refractivity (Wildman–Crippen MR) is 107 cm³/mol. The van der Waals surface area contributed by atoms with E-state index in [1.165, 1.54) is 0 Å². The molecule has 0 radical (unpaired) electrons. The van der Waals surface area contributed by atoms with E-state index in [-0.39, 0.29) is 24.1 Å². The molecule has 0 saturated carbocycles. The Bertz CT molecular complexity index is 1230. The molecule has 1 atom stereocenters. The summed E-state index contributed by atoms with van der Waals surface area (Å²) >= 11 is 6.59. The Morgan fingerprint density at radius 1 is 1.23 bits per heavy atom. The Hall–Kier alpha value is -3.83. The minimum Gasteiger partial charge on any atom is -0.497 e. The van der Waals surface area contributed by atoms with E-state index in [0.29, 0.717) is 33.3 Å². The zero-order chi connectivity index (χ0) is 20.8. The average molecular weight is 423 g/mol. The molecular weight excluding hydrogens is 408 g/mol. The fourth-order valence-corrected chi connectivity index (χ4v) is 3.95. The van der Waals surface area contributed by atoms with E-state index in [1.807, 2.05) is 24.3 Å². The van der Waals surface area contributed by atoms with E-state index < -0.39 is 5.92 Å². The van der Waals surface area contributed by atoms with Crippen LogP contribution in [-0.2, 0) is 0 Å². The number of nitrogens with zero attached hydrogens (tertiary/aromatic N) is 2. The first-order chi connectivity index (χ1) is 14.6. The van der Waals surface area contributed by atoms with Crippen molar-refractivity contribution in [1.29, 1.82) is 5.26 Å². The number of nitrogens with one attached hydrogen (secondary N) is 1. The van der Waals surface area contributed by atoms with Crippen LogP contribution in [0.15, 0.2) is 47.9 Å². The van der Waals surface area contributed by atoms with Crippen LogP contribution >= 0.6 is 11.6 Å². The van der Waals surface area contributed by atoms with Crippen molar-refractivity contribution < 1.29 is 18.9 Å². The first kappa shape index (κ1) is 18.2. The summed E-state index contributed by atoms with van der Waals surface area (Å²) in [4.78, 5) is 0. The van der Waals surface area contributed by atoms with Gasteiger partial charge < -0.3 is 24.7 Å². The number of ether oxygens (including phenoxy) is 4. The third-order valence-electron chi connectivity index (χ3n) is 5.12. The zero-order valence-electron chi connectivity index (χ0n) is 15.7. The molecule has 150 valence electrons. The summed E-state index contributed by atoms with van der Waals surface area (Å²) in [5, 5.41) is 17.5. The van der Waals surface area contributed by atoms with Crippen LogP contribution in [0.3, 0.4) is 0 Å². The van der Waals surface area contributed by atoms with Crippen LogP contribution in [0.1, 0.15) is 17.0 Å². The highest BCUT2D eigenvalue weighted by molar-refractivity contribution is 6.31. The fraction of sp³-hybridized carbons (Fsp3) is 0.143. The van der Waals surface area contributed by atoms with E-state index in [2.05, 4.69) is 16.3 Å². The second-order valence-electron chi connectivity index (χ2n) is 6.70. The lowest BCUT2D eigenvalue weighted by atomic mass is 9.83. The summed E-state index contributed by atoms with van der Waals surface area (Å²) < 4.78 is 21.8. The number of methoxy groups -OCH3 is 1. The number of fused-ring (bicyclic) bond motifs is 2. The lowest BCUT2D eigenvalue weighted by Crippen LogP contribution is -2.21. The first-order valence-corrected chi connectivity index (χ1v) is 9.37. The summed E-state index contributed by atoms with van der Waals surface area (Å²) in [7, 11) is 1.60. The molecule has 3 aromatic rings. The molecule has 1 unspecified atom stereocenters. The van der Waals surface area contributed by atoms with Crippen LogP contribution in [0.2, 0.25) is 5.02 Å². The van der Waals surface area contributed by atoms with Crippen molar-refractivity contribution >= 4 is 11.6 Å². The summed E-state index contributed by atoms with van der Waals surface area (Å²) in [6.07, 6.45) is 0. The summed E-state index contributed by atoms with van der Waals surface area (Å²) in [6, 6.07) is 13.0. The second-order valence-corrected chi connectivity index (χ2v) is 7.10. The minimum atomic E-state index is -0.600. The van der Waals surface area contributed by atoms with Gasteiger partial charge in [0.1, 0.15) is 17.4 Å². The number of H-pyrrole nitrogens is 1. The van der Waals surface area contributed by atoms with Crippen LogP contribution in [0.5, 0.6) is 23.1 Å². The molecule has 2 aliphatic rings. The van der Waals surface area contributed by atoms with Gasteiger partial charge in [-0.05, 0) is 35.9 Å². The van der Waals surface area contributed by atoms with Crippen LogP contribution in [0, 0.1) is 11.3 Å². The van der Waals surface area contributed by atoms with Crippen LogP contribution < -0.4 is 24.7 Å². The molecule has 2 aromatic carbocycles. The Balaban J connectivity index is 1.72. The van der Waals surface area contributed by atoms with Gasteiger partial charge in [0, 0.05) is 16.7 Å². The number of rotatable bonds is 3. The first-order valence-electron chi connectivity index (χ1n) is 9.00. The monoisotopic (exact) mass is 422 g/mol. The van der Waals surface area contributed by atoms with Crippen molar-refractivity contribution in [2.75, 3.05) is 13.9 Å². The lowest BCUT2D eigenvalue weighted by Gasteiger charge is -2.25. The highest BCUT2D eigenvalue weighted by Gasteiger charge is 2.37. The smallest absolute Gasteiger partial charge is 0.244 e. The normalized spacial score (nSPS) is 16.6. The maximum absolute atomic E-state index is 9.86. The minimum absolute atomic E-state index is 0.0171. The van der Waals surface area contributed by atoms with Gasteiger partial charge in [0.15, 0.2) is 11.5 Å². The molecule has 1 aromatic heterocycles. The van der Waals surface area contributed by atoms with Gasteiger partial charge >= 0.3 is 0 Å². The molecule has 0 amide bonds. The number of benzene rings is 2. The number of nitriles is 1. The number of hydrogen-bond acceptors (Lipinski definition) is 7. The Labute approximate surface area is 176 Å². The molecule has 0 fully saturated rings. The maximum Gasteiger partial charge on any atom is 0.244 e. The molecule has 5 rings (SSSR count). The number of halogens is 1. The van der Waals surface area contributed by atoms with Gasteiger partial charge in [-0.2, -0.15) is 5.26 Å². The molecule has 0 saturated heterocycles. The predicted octanol–water partition coefficient (Wildman–Crippen LogP) is 3.69. The van der Waals surface area contributed by atoms with Gasteiger partial charge in [-0.15, -0.1) is 5.10 Å². The second kappa shape index (κ2) is 6.90. The third-order valence-corrected chi connectivity index (χ3v) is 5.45. The van der Waals surface area contributed by atoms with E-state index in [0.717, 1.165) is 11.3 Å². The standard InChI is InChI=1S/C21H15ClN4O4/c1-27-11-4-2-10(3-5-11)19-18-17(13(8-23)20(24)30-21(18)26-25-19)12-6-15-16(7-14(12)22)29-9-28-15/h2-7,17H,9,24H2,1H3,(H,25,26). The van der Waals surface area contributed by atoms with E-state index in [9.17, 15) is 5.26 Å². The molecule has 8 nitrogen and oxygen atoms in total. The maximum atomic E-state index is 9.86. The molecule has 30 heavy (non-hydrogen) atoms. The highest BCUT2D eigenvalue weighted by atomic mass is 35.5. The Morgan fingerprint density at radius 2 is 1.97 bits per heavy atom. The molecule has 3 N–H and O–H groups in total. The van der Waals surface area contributed by atoms with Gasteiger partial charge in [-0.25, -0.2) is 0 Å². The topological polar surface area (TPSA) is 115 Å². The molecule has 3 heterocycles. The SMILES string of the molecule is COc1ccc(-c2[nH]nc3c2C(c2cc4c(cc2Cl)OCO4)C(C#N)=C(N)O3)cc1. The van der Waals surface area contributed by atoms with Crippen LogP contribution in [-0.4, -0.2) is 24.1 Å². The number of nitrogens with two attached hydrogens (primary N) is 1. The largest absolute Gasteiger partial charge is 0.497 e. The average Bonchev–Trinajstić information content (AvgIpc) is 3.38. The molecule has 0 bridgehead atoms. The number of aromatic nitrogens is 2. The van der Waals surface area contributed by atoms with Gasteiger partial charge in [0.2, 0.25) is 18.6 Å². The number of allylic oxidation sites excluding steroid dienone is 1. The quantitative estimate of drug-likeness (QED) is 0.661. The van der Waals surface area contributed by atoms with Crippen molar-refractivity contribution in [1.82, 2.24) is 10.2 Å². The van der Waals surface area contributed by atoms with Crippen molar-refractivity contribution in [3.63, 3.8) is 0 Å². The van der Waals surface area contributed by atoms with Crippen molar-refractivity contribution in [2.24, 2.45) is 5.73 Å². The van der Waals surface area contributed by atoms with Crippen molar-refractivity contribution in [3.05, 3.63) is 64.0 Å². The van der Waals surface area contributed by atoms with E-state index >= 15 is 0 Å².